The smallest absolute Gasteiger partial charge is 0.132 e. The second-order valence-corrected chi connectivity index (χ2v) is 2.14. The van der Waals surface area contributed by atoms with E-state index in [2.05, 4.69) is 4.98 Å². The lowest BCUT2D eigenvalue weighted by Gasteiger charge is -1.95. The van der Waals surface area contributed by atoms with Crippen molar-refractivity contribution in [1.29, 1.82) is 0 Å². The molecule has 1 aromatic rings. The maximum atomic E-state index is 12.4. The molecule has 0 saturated carbocycles. The molecule has 0 amide bonds. The van der Waals surface area contributed by atoms with Crippen LogP contribution in [0.25, 0.3) is 0 Å². The average molecular weight is 162 g/mol. The first-order valence-electron chi connectivity index (χ1n) is 2.65. The molecule has 2 nitrogen and oxygen atoms in total. The molecular formula is C6H5ClFNO. The van der Waals surface area contributed by atoms with Gasteiger partial charge >= 0.3 is 0 Å². The van der Waals surface area contributed by atoms with Gasteiger partial charge in [-0.05, 0) is 6.07 Å². The lowest BCUT2D eigenvalue weighted by molar-refractivity contribution is 0.276. The van der Waals surface area contributed by atoms with Gasteiger partial charge in [0.25, 0.3) is 0 Å². The summed E-state index contributed by atoms with van der Waals surface area (Å²) in [5, 5.41) is 8.56. The lowest BCUT2D eigenvalue weighted by atomic mass is 10.3. The van der Waals surface area contributed by atoms with Crippen molar-refractivity contribution >= 4 is 11.6 Å². The molecule has 0 spiro atoms. The molecule has 0 aliphatic heterocycles. The van der Waals surface area contributed by atoms with Crippen molar-refractivity contribution in [3.63, 3.8) is 0 Å². The van der Waals surface area contributed by atoms with Crippen LogP contribution in [0.4, 0.5) is 4.39 Å². The van der Waals surface area contributed by atoms with Gasteiger partial charge in [-0.1, -0.05) is 11.6 Å². The van der Waals surface area contributed by atoms with Gasteiger partial charge in [-0.2, -0.15) is 0 Å². The van der Waals surface area contributed by atoms with Crippen molar-refractivity contribution in [2.75, 3.05) is 0 Å². The van der Waals surface area contributed by atoms with E-state index in [1.165, 1.54) is 0 Å². The van der Waals surface area contributed by atoms with Gasteiger partial charge in [-0.3, -0.25) is 0 Å². The molecule has 0 aliphatic rings. The molecule has 1 rings (SSSR count). The van der Waals surface area contributed by atoms with Gasteiger partial charge in [0.05, 0.1) is 12.3 Å². The number of pyridine rings is 1. The molecule has 0 atom stereocenters. The molecule has 0 aliphatic carbocycles. The fourth-order valence-electron chi connectivity index (χ4n) is 0.597. The zero-order chi connectivity index (χ0) is 7.56. The SMILES string of the molecule is OCc1cc(F)cc(Cl)n1. The van der Waals surface area contributed by atoms with Crippen molar-refractivity contribution in [2.45, 2.75) is 6.61 Å². The molecule has 10 heavy (non-hydrogen) atoms. The van der Waals surface area contributed by atoms with Crippen LogP contribution < -0.4 is 0 Å². The molecule has 0 bridgehead atoms. The first-order valence-corrected chi connectivity index (χ1v) is 3.03. The molecule has 0 fully saturated rings. The molecule has 1 heterocycles. The molecule has 1 N–H and O–H groups in total. The number of aliphatic hydroxyl groups excluding tert-OH is 1. The Labute approximate surface area is 62.3 Å². The fourth-order valence-corrected chi connectivity index (χ4v) is 0.810. The summed E-state index contributed by atoms with van der Waals surface area (Å²) < 4.78 is 12.4. The van der Waals surface area contributed by atoms with Crippen molar-refractivity contribution in [2.24, 2.45) is 0 Å². The molecule has 54 valence electrons. The minimum Gasteiger partial charge on any atom is -0.390 e. The minimum atomic E-state index is -0.482. The van der Waals surface area contributed by atoms with Crippen LogP contribution in [0.2, 0.25) is 5.15 Å². The van der Waals surface area contributed by atoms with Gasteiger partial charge in [-0.15, -0.1) is 0 Å². The standard InChI is InChI=1S/C6H5ClFNO/c7-6-2-4(8)1-5(3-10)9-6/h1-2,10H,3H2. The monoisotopic (exact) mass is 161 g/mol. The van der Waals surface area contributed by atoms with Crippen LogP contribution in [0, 0.1) is 5.82 Å². The topological polar surface area (TPSA) is 33.1 Å². The Bertz CT molecular complexity index is 221. The first-order chi connectivity index (χ1) is 4.72. The minimum absolute atomic E-state index is 0.0593. The normalized spacial score (nSPS) is 9.90. The predicted octanol–water partition coefficient (Wildman–Crippen LogP) is 1.37. The molecule has 0 saturated heterocycles. The van der Waals surface area contributed by atoms with E-state index in [9.17, 15) is 4.39 Å². The fraction of sp³-hybridized carbons (Fsp3) is 0.167. The number of aromatic nitrogens is 1. The summed E-state index contributed by atoms with van der Waals surface area (Å²) in [5.74, 6) is -0.482. The van der Waals surface area contributed by atoms with Gasteiger partial charge in [0, 0.05) is 6.07 Å². The van der Waals surface area contributed by atoms with Crippen LogP contribution in [0.3, 0.4) is 0 Å². The van der Waals surface area contributed by atoms with E-state index < -0.39 is 5.82 Å². The van der Waals surface area contributed by atoms with Crippen LogP contribution in [-0.4, -0.2) is 10.1 Å². The number of nitrogens with zero attached hydrogens (tertiary/aromatic N) is 1. The Morgan fingerprint density at radius 2 is 2.30 bits per heavy atom. The summed E-state index contributed by atoms with van der Waals surface area (Å²) in [7, 11) is 0. The van der Waals surface area contributed by atoms with E-state index in [4.69, 9.17) is 16.7 Å². The highest BCUT2D eigenvalue weighted by Crippen LogP contribution is 2.08. The summed E-state index contributed by atoms with van der Waals surface area (Å²) in [5.41, 5.74) is 0.241. The largest absolute Gasteiger partial charge is 0.390 e. The highest BCUT2D eigenvalue weighted by atomic mass is 35.5. The average Bonchev–Trinajstić information content (AvgIpc) is 1.85. The van der Waals surface area contributed by atoms with Crippen molar-refractivity contribution in [1.82, 2.24) is 4.98 Å². The highest BCUT2D eigenvalue weighted by molar-refractivity contribution is 6.29. The van der Waals surface area contributed by atoms with Crippen LogP contribution in [-0.2, 0) is 6.61 Å². The number of aliphatic hydroxyl groups is 1. The third-order valence-electron chi connectivity index (χ3n) is 0.974. The van der Waals surface area contributed by atoms with E-state index in [1.807, 2.05) is 0 Å². The van der Waals surface area contributed by atoms with Crippen LogP contribution >= 0.6 is 11.6 Å². The Morgan fingerprint density at radius 1 is 1.60 bits per heavy atom. The van der Waals surface area contributed by atoms with Crippen molar-refractivity contribution < 1.29 is 9.50 Å². The molecule has 1 aromatic heterocycles. The van der Waals surface area contributed by atoms with E-state index in [0.29, 0.717) is 0 Å². The van der Waals surface area contributed by atoms with Gasteiger partial charge in [0.15, 0.2) is 0 Å². The summed E-state index contributed by atoms with van der Waals surface area (Å²) in [6, 6.07) is 2.21. The molecular weight excluding hydrogens is 157 g/mol. The van der Waals surface area contributed by atoms with Crippen LogP contribution in [0.1, 0.15) is 5.69 Å². The zero-order valence-corrected chi connectivity index (χ0v) is 5.77. The molecule has 0 aromatic carbocycles. The van der Waals surface area contributed by atoms with E-state index in [-0.39, 0.29) is 17.5 Å². The number of rotatable bonds is 1. The summed E-state index contributed by atoms with van der Waals surface area (Å²) in [6.07, 6.45) is 0. The van der Waals surface area contributed by atoms with Crippen LogP contribution in [0.5, 0.6) is 0 Å². The lowest BCUT2D eigenvalue weighted by Crippen LogP contribution is -1.90. The van der Waals surface area contributed by atoms with Crippen molar-refractivity contribution in [3.8, 4) is 0 Å². The zero-order valence-electron chi connectivity index (χ0n) is 5.01. The quantitative estimate of drug-likeness (QED) is 0.631. The predicted molar refractivity (Wildman–Crippen MR) is 35.1 cm³/mol. The van der Waals surface area contributed by atoms with Gasteiger partial charge in [-0.25, -0.2) is 9.37 Å². The Morgan fingerprint density at radius 3 is 2.80 bits per heavy atom. The summed E-state index contributed by atoms with van der Waals surface area (Å²) >= 11 is 5.37. The van der Waals surface area contributed by atoms with E-state index >= 15 is 0 Å². The Kier molecular flexibility index (Phi) is 2.19. The van der Waals surface area contributed by atoms with E-state index in [0.717, 1.165) is 12.1 Å². The number of halogens is 2. The third kappa shape index (κ3) is 1.65. The second kappa shape index (κ2) is 2.94. The summed E-state index contributed by atoms with van der Waals surface area (Å²) in [6.45, 7) is -0.294. The highest BCUT2D eigenvalue weighted by Gasteiger charge is 1.97. The number of hydrogen-bond donors (Lipinski definition) is 1. The Balaban J connectivity index is 3.06. The first kappa shape index (κ1) is 7.44. The maximum absolute atomic E-state index is 12.4. The number of hydrogen-bond acceptors (Lipinski definition) is 2. The van der Waals surface area contributed by atoms with Crippen molar-refractivity contribution in [3.05, 3.63) is 28.8 Å². The van der Waals surface area contributed by atoms with Gasteiger partial charge in [0.1, 0.15) is 11.0 Å². The van der Waals surface area contributed by atoms with Gasteiger partial charge in [0.2, 0.25) is 0 Å². The Hall–Kier alpha value is -0.670. The maximum Gasteiger partial charge on any atom is 0.132 e. The molecule has 4 heteroatoms. The molecule has 0 radical (unpaired) electrons. The van der Waals surface area contributed by atoms with E-state index in [1.54, 1.807) is 0 Å². The van der Waals surface area contributed by atoms with Crippen LogP contribution in [0.15, 0.2) is 12.1 Å². The third-order valence-corrected chi connectivity index (χ3v) is 1.17. The summed E-state index contributed by atoms with van der Waals surface area (Å²) in [4.78, 5) is 3.63. The van der Waals surface area contributed by atoms with Gasteiger partial charge < -0.3 is 5.11 Å². The molecule has 0 unspecified atom stereocenters. The second-order valence-electron chi connectivity index (χ2n) is 1.76.